The highest BCUT2D eigenvalue weighted by molar-refractivity contribution is 9.10. The Balaban J connectivity index is 1.73. The van der Waals surface area contributed by atoms with Gasteiger partial charge in [0.2, 0.25) is 5.95 Å². The van der Waals surface area contributed by atoms with Crippen molar-refractivity contribution in [3.63, 3.8) is 0 Å². The van der Waals surface area contributed by atoms with Gasteiger partial charge in [0.05, 0.1) is 23.3 Å². The van der Waals surface area contributed by atoms with Crippen LogP contribution in [0.15, 0.2) is 46.1 Å². The second-order valence-corrected chi connectivity index (χ2v) is 9.72. The number of fused-ring (bicyclic) bond motifs is 1. The summed E-state index contributed by atoms with van der Waals surface area (Å²) in [5.41, 5.74) is 2.43. The van der Waals surface area contributed by atoms with Crippen molar-refractivity contribution >= 4 is 51.0 Å². The van der Waals surface area contributed by atoms with E-state index in [2.05, 4.69) is 36.8 Å². The number of ether oxygens (including phenoxy) is 3. The fourth-order valence-electron chi connectivity index (χ4n) is 3.69. The van der Waals surface area contributed by atoms with Crippen LogP contribution in [0.1, 0.15) is 37.9 Å². The Morgan fingerprint density at radius 2 is 2.03 bits per heavy atom. The van der Waals surface area contributed by atoms with Gasteiger partial charge in [-0.3, -0.25) is 0 Å². The highest BCUT2D eigenvalue weighted by atomic mass is 79.9. The second kappa shape index (κ2) is 10.4. The number of carbonyl (C=O) groups is 1. The van der Waals surface area contributed by atoms with Crippen LogP contribution in [-0.4, -0.2) is 39.4 Å². The van der Waals surface area contributed by atoms with E-state index in [-0.39, 0.29) is 12.7 Å². The van der Waals surface area contributed by atoms with Crippen molar-refractivity contribution in [3.8, 4) is 11.5 Å². The smallest absolute Gasteiger partial charge is 0.338 e. The predicted molar refractivity (Wildman–Crippen MR) is 135 cm³/mol. The van der Waals surface area contributed by atoms with Gasteiger partial charge < -0.3 is 19.5 Å². The number of nitrogens with one attached hydrogen (secondary N) is 1. The number of nitrogens with zero attached hydrogens (tertiary/aromatic N) is 4. The first-order valence-electron chi connectivity index (χ1n) is 10.6. The average molecular weight is 583 g/mol. The van der Waals surface area contributed by atoms with Gasteiger partial charge in [-0.2, -0.15) is 4.68 Å². The van der Waals surface area contributed by atoms with E-state index < -0.39 is 12.0 Å². The summed E-state index contributed by atoms with van der Waals surface area (Å²) < 4.78 is 19.3. The number of hydrogen-bond donors (Lipinski definition) is 1. The van der Waals surface area contributed by atoms with Crippen LogP contribution in [0.25, 0.3) is 0 Å². The van der Waals surface area contributed by atoms with Gasteiger partial charge in [0.15, 0.2) is 11.5 Å². The zero-order valence-electron chi connectivity index (χ0n) is 19.3. The third-order valence-corrected chi connectivity index (χ3v) is 6.41. The topological polar surface area (TPSA) is 100 Å². The molecule has 9 nitrogen and oxygen atoms in total. The number of benzene rings is 2. The van der Waals surface area contributed by atoms with Gasteiger partial charge >= 0.3 is 5.97 Å². The number of tetrazole rings is 1. The van der Waals surface area contributed by atoms with E-state index in [1.165, 1.54) is 11.8 Å². The highest BCUT2D eigenvalue weighted by Gasteiger charge is 2.36. The largest absolute Gasteiger partial charge is 0.493 e. The lowest BCUT2D eigenvalue weighted by atomic mass is 9.95. The number of allylic oxidation sites excluding steroid dienone is 1. The first kappa shape index (κ1) is 25.3. The Bertz CT molecular complexity index is 1310. The van der Waals surface area contributed by atoms with Crippen molar-refractivity contribution in [2.45, 2.75) is 39.5 Å². The molecule has 0 radical (unpaired) electrons. The zero-order chi connectivity index (χ0) is 25.3. The van der Waals surface area contributed by atoms with E-state index in [0.717, 1.165) is 5.56 Å². The second-order valence-electron chi connectivity index (χ2n) is 8.03. The highest BCUT2D eigenvalue weighted by Crippen LogP contribution is 2.43. The molecule has 4 rings (SSSR count). The summed E-state index contributed by atoms with van der Waals surface area (Å²) >= 11 is 15.9. The lowest BCUT2D eigenvalue weighted by molar-refractivity contribution is -0.143. The quantitative estimate of drug-likeness (QED) is 0.361. The summed E-state index contributed by atoms with van der Waals surface area (Å²) in [5, 5.41) is 16.0. The summed E-state index contributed by atoms with van der Waals surface area (Å²) in [7, 11) is 1.54. The third kappa shape index (κ3) is 5.24. The standard InChI is InChI=1S/C23H22BrCl2N5O4/c1-11(2)35-22(32)19-12(3)27-23-28-29-30-31(23)20(19)14-7-16(24)21(18(8-14)33-4)34-10-13-5-6-15(25)9-17(13)26/h5-9,11,20H,10H2,1-4H3,(H,27,28,30). The number of carbonyl (C=O) groups excluding carboxylic acids is 1. The first-order chi connectivity index (χ1) is 16.7. The first-order valence-corrected chi connectivity index (χ1v) is 12.1. The van der Waals surface area contributed by atoms with Gasteiger partial charge in [0, 0.05) is 21.3 Å². The van der Waals surface area contributed by atoms with E-state index in [9.17, 15) is 4.79 Å². The number of methoxy groups -OCH3 is 1. The lowest BCUT2D eigenvalue weighted by Gasteiger charge is -2.28. The minimum absolute atomic E-state index is 0.194. The van der Waals surface area contributed by atoms with Crippen LogP contribution in [-0.2, 0) is 16.1 Å². The average Bonchev–Trinajstić information content (AvgIpc) is 3.25. The van der Waals surface area contributed by atoms with Gasteiger partial charge in [0.25, 0.3) is 0 Å². The molecule has 1 unspecified atom stereocenters. The van der Waals surface area contributed by atoms with Crippen molar-refractivity contribution in [1.29, 1.82) is 0 Å². The molecule has 1 aromatic heterocycles. The Hall–Kier alpha value is -2.82. The molecule has 0 spiro atoms. The number of anilines is 1. The molecule has 1 aliphatic rings. The molecular weight excluding hydrogens is 561 g/mol. The van der Waals surface area contributed by atoms with Crippen molar-refractivity contribution in [2.75, 3.05) is 12.4 Å². The maximum atomic E-state index is 13.1. The van der Waals surface area contributed by atoms with Crippen molar-refractivity contribution in [1.82, 2.24) is 20.2 Å². The molecule has 12 heteroatoms. The Morgan fingerprint density at radius 3 is 2.71 bits per heavy atom. The summed E-state index contributed by atoms with van der Waals surface area (Å²) in [5.74, 6) is 0.854. The normalized spacial score (nSPS) is 15.0. The van der Waals surface area contributed by atoms with Crippen LogP contribution >= 0.6 is 39.1 Å². The number of aromatic nitrogens is 4. The molecule has 0 saturated heterocycles. The molecule has 2 aromatic carbocycles. The summed E-state index contributed by atoms with van der Waals surface area (Å²) in [6.45, 7) is 5.56. The van der Waals surface area contributed by atoms with E-state index >= 15 is 0 Å². The number of rotatable bonds is 7. The summed E-state index contributed by atoms with van der Waals surface area (Å²) in [6.07, 6.45) is -0.296. The van der Waals surface area contributed by atoms with Crippen LogP contribution in [0.4, 0.5) is 5.95 Å². The van der Waals surface area contributed by atoms with Crippen LogP contribution in [0.2, 0.25) is 10.0 Å². The van der Waals surface area contributed by atoms with Gasteiger partial charge in [-0.1, -0.05) is 34.4 Å². The lowest BCUT2D eigenvalue weighted by Crippen LogP contribution is -2.30. The van der Waals surface area contributed by atoms with E-state index in [1.807, 2.05) is 6.07 Å². The van der Waals surface area contributed by atoms with Crippen molar-refractivity contribution < 1.29 is 19.0 Å². The Morgan fingerprint density at radius 1 is 1.26 bits per heavy atom. The molecule has 3 aromatic rings. The number of esters is 1. The molecule has 0 saturated carbocycles. The fraction of sp³-hybridized carbons (Fsp3) is 0.304. The van der Waals surface area contributed by atoms with Crippen LogP contribution in [0, 0.1) is 0 Å². The molecule has 0 fully saturated rings. The Labute approximate surface area is 220 Å². The predicted octanol–water partition coefficient (Wildman–Crippen LogP) is 5.57. The maximum Gasteiger partial charge on any atom is 0.338 e. The van der Waals surface area contributed by atoms with E-state index in [4.69, 9.17) is 37.4 Å². The number of hydrogen-bond acceptors (Lipinski definition) is 8. The molecule has 0 bridgehead atoms. The summed E-state index contributed by atoms with van der Waals surface area (Å²) in [6, 6.07) is 8.16. The minimum Gasteiger partial charge on any atom is -0.493 e. The number of halogens is 3. The third-order valence-electron chi connectivity index (χ3n) is 5.23. The molecule has 0 amide bonds. The molecule has 0 aliphatic carbocycles. The van der Waals surface area contributed by atoms with E-state index in [0.29, 0.717) is 48.8 Å². The van der Waals surface area contributed by atoms with Crippen molar-refractivity contribution in [3.05, 3.63) is 67.2 Å². The molecule has 1 aliphatic heterocycles. The molecule has 2 heterocycles. The molecule has 35 heavy (non-hydrogen) atoms. The van der Waals surface area contributed by atoms with Crippen molar-refractivity contribution in [2.24, 2.45) is 0 Å². The minimum atomic E-state index is -0.655. The van der Waals surface area contributed by atoms with E-state index in [1.54, 1.807) is 45.0 Å². The zero-order valence-corrected chi connectivity index (χ0v) is 22.4. The fourth-order valence-corrected chi connectivity index (χ4v) is 4.73. The van der Waals surface area contributed by atoms with Gasteiger partial charge in [-0.05, 0) is 77.0 Å². The van der Waals surface area contributed by atoms with Gasteiger partial charge in [-0.15, -0.1) is 0 Å². The van der Waals surface area contributed by atoms with Crippen LogP contribution in [0.3, 0.4) is 0 Å². The molecule has 184 valence electrons. The molecule has 1 atom stereocenters. The SMILES string of the molecule is COc1cc(C2C(C(=O)OC(C)C)=C(C)Nc3nnnn32)cc(Br)c1OCc1ccc(Cl)cc1Cl. The summed E-state index contributed by atoms with van der Waals surface area (Å²) in [4.78, 5) is 13.1. The molecular formula is C23H22BrCl2N5O4. The van der Waals surface area contributed by atoms with Gasteiger partial charge in [0.1, 0.15) is 12.6 Å². The maximum absolute atomic E-state index is 13.1. The van der Waals surface area contributed by atoms with Gasteiger partial charge in [-0.25, -0.2) is 4.79 Å². The van der Waals surface area contributed by atoms with Crippen LogP contribution in [0.5, 0.6) is 11.5 Å². The Kier molecular flexibility index (Phi) is 7.53. The van der Waals surface area contributed by atoms with Crippen LogP contribution < -0.4 is 14.8 Å². The monoisotopic (exact) mass is 581 g/mol. The molecule has 1 N–H and O–H groups in total.